The Kier molecular flexibility index (Phi) is 4.82. The Morgan fingerprint density at radius 1 is 1.20 bits per heavy atom. The molecule has 130 valence electrons. The highest BCUT2D eigenvalue weighted by molar-refractivity contribution is 6.30. The van der Waals surface area contributed by atoms with Crippen molar-refractivity contribution in [3.05, 3.63) is 58.6 Å². The predicted molar refractivity (Wildman–Crippen MR) is 104 cm³/mol. The van der Waals surface area contributed by atoms with E-state index in [1.54, 1.807) is 13.8 Å². The first kappa shape index (κ1) is 17.5. The lowest BCUT2D eigenvalue weighted by atomic mass is 9.89. The quantitative estimate of drug-likeness (QED) is 0.759. The Hall–Kier alpha value is -2.33. The molecule has 0 spiro atoms. The fraction of sp³-hybridized carbons (Fsp3) is 0.300. The van der Waals surface area contributed by atoms with Crippen LogP contribution in [0.4, 0.5) is 11.4 Å². The molecule has 1 amide bonds. The molecule has 4 nitrogen and oxygen atoms in total. The summed E-state index contributed by atoms with van der Waals surface area (Å²) < 4.78 is 0. The zero-order valence-corrected chi connectivity index (χ0v) is 15.4. The number of nitrogens with zero attached hydrogens (tertiary/aromatic N) is 1. The zero-order chi connectivity index (χ0) is 18.1. The van der Waals surface area contributed by atoms with E-state index in [2.05, 4.69) is 12.2 Å². The van der Waals surface area contributed by atoms with Crippen molar-refractivity contribution < 1.29 is 4.79 Å². The third kappa shape index (κ3) is 3.54. The van der Waals surface area contributed by atoms with Crippen molar-refractivity contribution >= 4 is 34.6 Å². The van der Waals surface area contributed by atoms with Crippen LogP contribution in [0.3, 0.4) is 0 Å². The number of anilines is 2. The van der Waals surface area contributed by atoms with Gasteiger partial charge in [0.05, 0.1) is 6.04 Å². The molecule has 0 saturated heterocycles. The Morgan fingerprint density at radius 2 is 1.88 bits per heavy atom. The Morgan fingerprint density at radius 3 is 2.48 bits per heavy atom. The number of benzene rings is 2. The van der Waals surface area contributed by atoms with Gasteiger partial charge in [0.25, 0.3) is 0 Å². The number of hydrogen-bond acceptors (Lipinski definition) is 3. The number of fused-ring (bicyclic) bond motifs is 1. The largest absolute Gasteiger partial charge is 0.378 e. The van der Waals surface area contributed by atoms with Gasteiger partial charge in [-0.3, -0.25) is 4.79 Å². The molecule has 2 aromatic carbocycles. The minimum Gasteiger partial charge on any atom is -0.378 e. The van der Waals surface area contributed by atoms with Gasteiger partial charge in [-0.15, -0.1) is 0 Å². The van der Waals surface area contributed by atoms with Gasteiger partial charge in [-0.2, -0.15) is 0 Å². The van der Waals surface area contributed by atoms with E-state index in [1.165, 1.54) is 0 Å². The molecule has 1 aliphatic rings. The van der Waals surface area contributed by atoms with Crippen molar-refractivity contribution in [2.24, 2.45) is 0 Å². The van der Waals surface area contributed by atoms with Gasteiger partial charge in [0.15, 0.2) is 0 Å². The molecule has 2 N–H and O–H groups in total. The monoisotopic (exact) mass is 355 g/mol. The van der Waals surface area contributed by atoms with Gasteiger partial charge in [0, 0.05) is 35.1 Å². The van der Waals surface area contributed by atoms with Crippen LogP contribution in [0.5, 0.6) is 0 Å². The second-order valence-electron chi connectivity index (χ2n) is 6.58. The van der Waals surface area contributed by atoms with E-state index < -0.39 is 0 Å². The number of rotatable bonds is 3. The van der Waals surface area contributed by atoms with Gasteiger partial charge in [-0.1, -0.05) is 17.7 Å². The predicted octanol–water partition coefficient (Wildman–Crippen LogP) is 5.03. The molecular formula is C20H22ClN3O. The fourth-order valence-corrected chi connectivity index (χ4v) is 3.59. The van der Waals surface area contributed by atoms with Crippen LogP contribution in [0.15, 0.2) is 42.5 Å². The van der Waals surface area contributed by atoms with E-state index in [0.717, 1.165) is 28.9 Å². The maximum atomic E-state index is 12.1. The van der Waals surface area contributed by atoms with Gasteiger partial charge >= 0.3 is 0 Å². The van der Waals surface area contributed by atoms with Crippen LogP contribution in [-0.2, 0) is 4.79 Å². The van der Waals surface area contributed by atoms with Crippen molar-refractivity contribution in [3.8, 4) is 0 Å². The van der Waals surface area contributed by atoms with Gasteiger partial charge in [0.1, 0.15) is 0 Å². The summed E-state index contributed by atoms with van der Waals surface area (Å²) in [5.41, 5.74) is 4.34. The molecule has 0 saturated carbocycles. The summed E-state index contributed by atoms with van der Waals surface area (Å²) in [6.07, 6.45) is 0.801. The minimum atomic E-state index is 0.0398. The van der Waals surface area contributed by atoms with E-state index in [0.29, 0.717) is 10.7 Å². The maximum Gasteiger partial charge on any atom is 0.224 e. The molecule has 2 aromatic rings. The van der Waals surface area contributed by atoms with Crippen LogP contribution in [0, 0.1) is 5.41 Å². The molecule has 2 unspecified atom stereocenters. The first-order chi connectivity index (χ1) is 11.9. The summed E-state index contributed by atoms with van der Waals surface area (Å²) >= 11 is 5.97. The standard InChI is InChI=1S/C20H22ClN3O/c1-12-10-19(23-17-7-5-16(21)6-8-17)18-11-15(13(2)22)4-9-20(18)24(12)14(3)25/h4-9,11-12,19,22-23H,10H2,1-3H3. The maximum absolute atomic E-state index is 12.1. The fourth-order valence-electron chi connectivity index (χ4n) is 3.46. The number of carbonyl (C=O) groups is 1. The van der Waals surface area contributed by atoms with E-state index in [-0.39, 0.29) is 18.0 Å². The van der Waals surface area contributed by atoms with E-state index in [9.17, 15) is 4.79 Å². The van der Waals surface area contributed by atoms with Crippen molar-refractivity contribution in [1.29, 1.82) is 5.41 Å². The molecule has 2 atom stereocenters. The van der Waals surface area contributed by atoms with Crippen LogP contribution in [0.2, 0.25) is 5.02 Å². The first-order valence-electron chi connectivity index (χ1n) is 8.38. The van der Waals surface area contributed by atoms with Crippen LogP contribution in [0.25, 0.3) is 0 Å². The summed E-state index contributed by atoms with van der Waals surface area (Å²) in [6.45, 7) is 5.44. The van der Waals surface area contributed by atoms with Gasteiger partial charge < -0.3 is 15.6 Å². The molecule has 0 radical (unpaired) electrons. The van der Waals surface area contributed by atoms with E-state index in [1.807, 2.05) is 47.4 Å². The first-order valence-corrected chi connectivity index (χ1v) is 8.76. The van der Waals surface area contributed by atoms with E-state index in [4.69, 9.17) is 17.0 Å². The number of hydrogen-bond donors (Lipinski definition) is 2. The number of carbonyl (C=O) groups excluding carboxylic acids is 1. The van der Waals surface area contributed by atoms with Gasteiger partial charge in [-0.05, 0) is 67.8 Å². The molecule has 3 rings (SSSR count). The van der Waals surface area contributed by atoms with Crippen LogP contribution in [-0.4, -0.2) is 17.7 Å². The summed E-state index contributed by atoms with van der Waals surface area (Å²) in [5, 5.41) is 12.2. The van der Waals surface area contributed by atoms with Gasteiger partial charge in [0.2, 0.25) is 5.91 Å². The normalized spacial score (nSPS) is 19.3. The number of nitrogens with one attached hydrogen (secondary N) is 2. The highest BCUT2D eigenvalue weighted by Crippen LogP contribution is 2.39. The summed E-state index contributed by atoms with van der Waals surface area (Å²) in [4.78, 5) is 14.0. The van der Waals surface area contributed by atoms with Crippen molar-refractivity contribution in [1.82, 2.24) is 0 Å². The zero-order valence-electron chi connectivity index (χ0n) is 14.6. The average molecular weight is 356 g/mol. The van der Waals surface area contributed by atoms with Crippen molar-refractivity contribution in [2.45, 2.75) is 39.3 Å². The highest BCUT2D eigenvalue weighted by Gasteiger charge is 2.32. The van der Waals surface area contributed by atoms with Crippen molar-refractivity contribution in [3.63, 3.8) is 0 Å². The lowest BCUT2D eigenvalue weighted by Gasteiger charge is -2.39. The average Bonchev–Trinajstić information content (AvgIpc) is 2.56. The smallest absolute Gasteiger partial charge is 0.224 e. The number of halogens is 1. The van der Waals surface area contributed by atoms with Crippen LogP contribution in [0.1, 0.15) is 44.4 Å². The Labute approximate surface area is 153 Å². The van der Waals surface area contributed by atoms with Crippen molar-refractivity contribution in [2.75, 3.05) is 10.2 Å². The molecule has 0 fully saturated rings. The lowest BCUT2D eigenvalue weighted by Crippen LogP contribution is -2.43. The SMILES string of the molecule is CC(=N)c1ccc2c(c1)C(Nc1ccc(Cl)cc1)CC(C)N2C(C)=O. The molecule has 0 bridgehead atoms. The summed E-state index contributed by atoms with van der Waals surface area (Å²) in [6, 6.07) is 13.7. The molecular weight excluding hydrogens is 334 g/mol. The Bertz CT molecular complexity index is 816. The second-order valence-corrected chi connectivity index (χ2v) is 7.01. The molecule has 25 heavy (non-hydrogen) atoms. The molecule has 0 aromatic heterocycles. The summed E-state index contributed by atoms with van der Waals surface area (Å²) in [7, 11) is 0. The van der Waals surface area contributed by atoms with Gasteiger partial charge in [-0.25, -0.2) is 0 Å². The topological polar surface area (TPSA) is 56.2 Å². The second kappa shape index (κ2) is 6.89. The van der Waals surface area contributed by atoms with Crippen LogP contribution >= 0.6 is 11.6 Å². The third-order valence-electron chi connectivity index (χ3n) is 4.64. The lowest BCUT2D eigenvalue weighted by molar-refractivity contribution is -0.117. The van der Waals surface area contributed by atoms with Crippen LogP contribution < -0.4 is 10.2 Å². The summed E-state index contributed by atoms with van der Waals surface area (Å²) in [5.74, 6) is 0.0398. The Balaban J connectivity index is 2.03. The number of amides is 1. The molecule has 0 aliphatic carbocycles. The minimum absolute atomic E-state index is 0.0398. The highest BCUT2D eigenvalue weighted by atomic mass is 35.5. The molecule has 1 heterocycles. The van der Waals surface area contributed by atoms with E-state index >= 15 is 0 Å². The molecule has 1 aliphatic heterocycles. The third-order valence-corrected chi connectivity index (χ3v) is 4.89. The molecule has 5 heteroatoms.